The molecule has 0 unspecified atom stereocenters. The Morgan fingerprint density at radius 3 is 3.05 bits per heavy atom. The lowest BCUT2D eigenvalue weighted by Gasteiger charge is -2.07. The van der Waals surface area contributed by atoms with E-state index in [9.17, 15) is 10.1 Å². The molecular formula is C11H12N4O3S. The van der Waals surface area contributed by atoms with Crippen molar-refractivity contribution >= 4 is 27.2 Å². The first-order chi connectivity index (χ1) is 9.19. The fourth-order valence-electron chi connectivity index (χ4n) is 1.37. The van der Waals surface area contributed by atoms with E-state index in [1.165, 1.54) is 6.20 Å². The largest absolute Gasteiger partial charge is 0.492 e. The van der Waals surface area contributed by atoms with Crippen LogP contribution in [-0.2, 0) is 0 Å². The zero-order valence-corrected chi connectivity index (χ0v) is 10.7. The molecule has 1 aromatic carbocycles. The molecule has 0 spiro atoms. The SMILES string of the molecule is NCCOc1cccc(Nc2ncc([N+](=O)[O-])s2)c1. The minimum absolute atomic E-state index is 0.00182. The number of hydrogen-bond donors (Lipinski definition) is 2. The standard InChI is InChI=1S/C11H12N4O3S/c12-4-5-18-9-3-1-2-8(6-9)14-11-13-7-10(19-11)15(16)17/h1-3,6-7H,4-5,12H2,(H,13,14). The van der Waals surface area contributed by atoms with Crippen LogP contribution in [-0.4, -0.2) is 23.1 Å². The van der Waals surface area contributed by atoms with E-state index in [0.717, 1.165) is 17.0 Å². The maximum atomic E-state index is 10.6. The summed E-state index contributed by atoms with van der Waals surface area (Å²) in [5.41, 5.74) is 6.11. The second-order valence-electron chi connectivity index (χ2n) is 3.55. The van der Waals surface area contributed by atoms with Gasteiger partial charge in [-0.1, -0.05) is 6.07 Å². The van der Waals surface area contributed by atoms with E-state index < -0.39 is 4.92 Å². The molecule has 0 aliphatic carbocycles. The summed E-state index contributed by atoms with van der Waals surface area (Å²) in [5.74, 6) is 0.682. The maximum Gasteiger partial charge on any atom is 0.345 e. The van der Waals surface area contributed by atoms with Gasteiger partial charge in [-0.3, -0.25) is 10.1 Å². The molecule has 0 amide bonds. The van der Waals surface area contributed by atoms with Crippen LogP contribution in [0.3, 0.4) is 0 Å². The molecule has 7 nitrogen and oxygen atoms in total. The third-order valence-electron chi connectivity index (χ3n) is 2.15. The highest BCUT2D eigenvalue weighted by atomic mass is 32.1. The molecule has 8 heteroatoms. The van der Waals surface area contributed by atoms with Gasteiger partial charge in [-0.05, 0) is 23.5 Å². The summed E-state index contributed by atoms with van der Waals surface area (Å²) < 4.78 is 5.39. The number of nitro groups is 1. The van der Waals surface area contributed by atoms with Crippen LogP contribution in [0.1, 0.15) is 0 Å². The summed E-state index contributed by atoms with van der Waals surface area (Å²) in [5, 5.41) is 14.0. The molecule has 1 aromatic heterocycles. The Morgan fingerprint density at radius 2 is 2.37 bits per heavy atom. The number of nitrogens with one attached hydrogen (secondary N) is 1. The van der Waals surface area contributed by atoms with Crippen molar-refractivity contribution in [3.63, 3.8) is 0 Å². The molecule has 0 fully saturated rings. The lowest BCUT2D eigenvalue weighted by Crippen LogP contribution is -2.10. The van der Waals surface area contributed by atoms with Crippen molar-refractivity contribution in [1.29, 1.82) is 0 Å². The lowest BCUT2D eigenvalue weighted by molar-refractivity contribution is -0.380. The molecule has 2 aromatic rings. The van der Waals surface area contributed by atoms with E-state index in [-0.39, 0.29) is 5.00 Å². The maximum absolute atomic E-state index is 10.6. The molecule has 0 aliphatic heterocycles. The zero-order chi connectivity index (χ0) is 13.7. The first kappa shape index (κ1) is 13.2. The fraction of sp³-hybridized carbons (Fsp3) is 0.182. The van der Waals surface area contributed by atoms with E-state index in [1.807, 2.05) is 18.2 Å². The molecular weight excluding hydrogens is 268 g/mol. The smallest absolute Gasteiger partial charge is 0.345 e. The van der Waals surface area contributed by atoms with Crippen LogP contribution in [0.4, 0.5) is 15.8 Å². The molecule has 0 atom stereocenters. The van der Waals surface area contributed by atoms with Crippen molar-refractivity contribution in [1.82, 2.24) is 4.98 Å². The van der Waals surface area contributed by atoms with Gasteiger partial charge in [-0.25, -0.2) is 4.98 Å². The van der Waals surface area contributed by atoms with Gasteiger partial charge in [0.25, 0.3) is 0 Å². The van der Waals surface area contributed by atoms with Gasteiger partial charge in [0, 0.05) is 18.3 Å². The Labute approximate surface area is 113 Å². The minimum Gasteiger partial charge on any atom is -0.492 e. The number of nitrogens with zero attached hydrogens (tertiary/aromatic N) is 2. The molecule has 0 saturated carbocycles. The van der Waals surface area contributed by atoms with Crippen LogP contribution in [0.5, 0.6) is 5.75 Å². The van der Waals surface area contributed by atoms with Crippen LogP contribution in [0.15, 0.2) is 30.5 Å². The third kappa shape index (κ3) is 3.63. The number of aromatic nitrogens is 1. The molecule has 0 radical (unpaired) electrons. The summed E-state index contributed by atoms with van der Waals surface area (Å²) >= 11 is 0.977. The van der Waals surface area contributed by atoms with Gasteiger partial charge in [0.2, 0.25) is 0 Å². The average Bonchev–Trinajstić information content (AvgIpc) is 2.85. The van der Waals surface area contributed by atoms with Crippen molar-refractivity contribution < 1.29 is 9.66 Å². The number of hydrogen-bond acceptors (Lipinski definition) is 7. The van der Waals surface area contributed by atoms with Gasteiger partial charge < -0.3 is 15.8 Å². The van der Waals surface area contributed by atoms with Crippen molar-refractivity contribution in [3.05, 3.63) is 40.6 Å². The topological polar surface area (TPSA) is 103 Å². The lowest BCUT2D eigenvalue weighted by atomic mass is 10.3. The number of anilines is 2. The first-order valence-corrected chi connectivity index (χ1v) is 6.31. The van der Waals surface area contributed by atoms with Gasteiger partial charge in [0.1, 0.15) is 18.6 Å². The quantitative estimate of drug-likeness (QED) is 0.620. The number of benzene rings is 1. The zero-order valence-electron chi connectivity index (χ0n) is 9.91. The summed E-state index contributed by atoms with van der Waals surface area (Å²) in [4.78, 5) is 14.0. The average molecular weight is 280 g/mol. The highest BCUT2D eigenvalue weighted by Crippen LogP contribution is 2.28. The van der Waals surface area contributed by atoms with E-state index in [1.54, 1.807) is 6.07 Å². The fourth-order valence-corrected chi connectivity index (χ4v) is 2.02. The predicted molar refractivity (Wildman–Crippen MR) is 73.0 cm³/mol. The molecule has 1 heterocycles. The Kier molecular flexibility index (Phi) is 4.26. The van der Waals surface area contributed by atoms with Crippen molar-refractivity contribution in [2.24, 2.45) is 5.73 Å². The van der Waals surface area contributed by atoms with E-state index in [4.69, 9.17) is 10.5 Å². The molecule has 0 bridgehead atoms. The van der Waals surface area contributed by atoms with Crippen molar-refractivity contribution in [2.75, 3.05) is 18.5 Å². The monoisotopic (exact) mass is 280 g/mol. The normalized spacial score (nSPS) is 10.2. The Hall–Kier alpha value is -2.19. The van der Waals surface area contributed by atoms with Crippen LogP contribution in [0, 0.1) is 10.1 Å². The van der Waals surface area contributed by atoms with Gasteiger partial charge in [0.05, 0.1) is 4.92 Å². The summed E-state index contributed by atoms with van der Waals surface area (Å²) in [6.07, 6.45) is 1.22. The van der Waals surface area contributed by atoms with Gasteiger partial charge in [-0.15, -0.1) is 0 Å². The Balaban J connectivity index is 2.07. The number of nitrogens with two attached hydrogens (primary N) is 1. The van der Waals surface area contributed by atoms with Gasteiger partial charge in [-0.2, -0.15) is 0 Å². The van der Waals surface area contributed by atoms with Crippen LogP contribution in [0.2, 0.25) is 0 Å². The van der Waals surface area contributed by atoms with Gasteiger partial charge in [0.15, 0.2) is 5.13 Å². The van der Waals surface area contributed by atoms with Gasteiger partial charge >= 0.3 is 5.00 Å². The minimum atomic E-state index is -0.469. The first-order valence-electron chi connectivity index (χ1n) is 5.49. The highest BCUT2D eigenvalue weighted by molar-refractivity contribution is 7.18. The number of thiazole rings is 1. The molecule has 19 heavy (non-hydrogen) atoms. The van der Waals surface area contributed by atoms with Crippen molar-refractivity contribution in [2.45, 2.75) is 0 Å². The van der Waals surface area contributed by atoms with E-state index in [0.29, 0.717) is 24.0 Å². The van der Waals surface area contributed by atoms with Crippen LogP contribution >= 0.6 is 11.3 Å². The summed E-state index contributed by atoms with van der Waals surface area (Å²) in [6, 6.07) is 7.23. The number of rotatable bonds is 6. The van der Waals surface area contributed by atoms with E-state index >= 15 is 0 Å². The molecule has 0 aliphatic rings. The second-order valence-corrected chi connectivity index (χ2v) is 4.56. The van der Waals surface area contributed by atoms with Crippen LogP contribution in [0.25, 0.3) is 0 Å². The summed E-state index contributed by atoms with van der Waals surface area (Å²) in [7, 11) is 0. The molecule has 2 rings (SSSR count). The van der Waals surface area contributed by atoms with Crippen LogP contribution < -0.4 is 15.8 Å². The Morgan fingerprint density at radius 1 is 1.53 bits per heavy atom. The third-order valence-corrected chi connectivity index (χ3v) is 3.01. The molecule has 100 valence electrons. The molecule has 0 saturated heterocycles. The predicted octanol–water partition coefficient (Wildman–Crippen LogP) is 2.13. The second kappa shape index (κ2) is 6.12. The summed E-state index contributed by atoms with van der Waals surface area (Å²) in [6.45, 7) is 0.877. The van der Waals surface area contributed by atoms with E-state index in [2.05, 4.69) is 10.3 Å². The Bertz CT molecular complexity index is 573. The highest BCUT2D eigenvalue weighted by Gasteiger charge is 2.11. The molecule has 3 N–H and O–H groups in total. The van der Waals surface area contributed by atoms with Crippen molar-refractivity contribution in [3.8, 4) is 5.75 Å². The number of ether oxygens (including phenoxy) is 1.